The molecule has 1 rings (SSSR count). The van der Waals surface area contributed by atoms with E-state index in [-0.39, 0.29) is 5.91 Å². The second-order valence-corrected chi connectivity index (χ2v) is 4.29. The van der Waals surface area contributed by atoms with E-state index in [0.29, 0.717) is 10.6 Å². The van der Waals surface area contributed by atoms with Gasteiger partial charge >= 0.3 is 5.97 Å². The zero-order chi connectivity index (χ0) is 13.2. The van der Waals surface area contributed by atoms with E-state index in [9.17, 15) is 9.59 Å². The summed E-state index contributed by atoms with van der Waals surface area (Å²) in [4.78, 5) is 23.6. The average Bonchev–Trinajstić information content (AvgIpc) is 2.22. The predicted octanol–water partition coefficient (Wildman–Crippen LogP) is 2.25. The van der Waals surface area contributed by atoms with Gasteiger partial charge in [0.05, 0.1) is 0 Å². The number of aliphatic carboxylic acids is 1. The third-order valence-corrected chi connectivity index (χ3v) is 3.04. The molecular formula is C12H14ClNO3. The Morgan fingerprint density at radius 1 is 1.41 bits per heavy atom. The van der Waals surface area contributed by atoms with E-state index in [0.717, 1.165) is 5.56 Å². The van der Waals surface area contributed by atoms with Crippen LogP contribution in [0.3, 0.4) is 0 Å². The fourth-order valence-electron chi connectivity index (χ4n) is 1.49. The quantitative estimate of drug-likeness (QED) is 0.901. The highest BCUT2D eigenvalue weighted by Crippen LogP contribution is 2.25. The van der Waals surface area contributed by atoms with Crippen LogP contribution in [-0.2, 0) is 9.59 Å². The van der Waals surface area contributed by atoms with Crippen LogP contribution >= 0.6 is 11.6 Å². The van der Waals surface area contributed by atoms with Gasteiger partial charge in [0, 0.05) is 19.0 Å². The first-order valence-corrected chi connectivity index (χ1v) is 5.44. The summed E-state index contributed by atoms with van der Waals surface area (Å²) in [5.41, 5.74) is 1.36. The second-order valence-electron chi connectivity index (χ2n) is 3.88. The maximum atomic E-state index is 11.2. The zero-order valence-corrected chi connectivity index (χ0v) is 10.7. The standard InChI is InChI=1S/C12H14ClNO3/c1-7-4-5-9(6-10(7)13)11(12(16)17)14(3)8(2)15/h4-6,11H,1-3H3,(H,16,17). The number of aryl methyl sites for hydroxylation is 1. The Bertz CT molecular complexity index is 459. The summed E-state index contributed by atoms with van der Waals surface area (Å²) in [6.07, 6.45) is 0. The Balaban J connectivity index is 3.19. The van der Waals surface area contributed by atoms with Gasteiger partial charge < -0.3 is 10.0 Å². The summed E-state index contributed by atoms with van der Waals surface area (Å²) in [6.45, 7) is 3.16. The number of hydrogen-bond acceptors (Lipinski definition) is 2. The van der Waals surface area contributed by atoms with Crippen LogP contribution in [0.5, 0.6) is 0 Å². The van der Waals surface area contributed by atoms with Crippen molar-refractivity contribution in [1.82, 2.24) is 4.90 Å². The van der Waals surface area contributed by atoms with Crippen LogP contribution in [0.4, 0.5) is 0 Å². The van der Waals surface area contributed by atoms with Crippen molar-refractivity contribution in [1.29, 1.82) is 0 Å². The second kappa shape index (κ2) is 5.19. The largest absolute Gasteiger partial charge is 0.479 e. The molecule has 0 aliphatic heterocycles. The summed E-state index contributed by atoms with van der Waals surface area (Å²) in [5, 5.41) is 9.66. The topological polar surface area (TPSA) is 57.6 Å². The Labute approximate surface area is 105 Å². The first-order chi connectivity index (χ1) is 7.84. The summed E-state index contributed by atoms with van der Waals surface area (Å²) >= 11 is 5.95. The SMILES string of the molecule is CC(=O)N(C)C(C(=O)O)c1ccc(C)c(Cl)c1. The molecule has 1 atom stereocenters. The molecule has 0 heterocycles. The third kappa shape index (κ3) is 2.97. The molecule has 0 saturated carbocycles. The number of likely N-dealkylation sites (N-methyl/N-ethyl adjacent to an activating group) is 1. The molecule has 1 aromatic rings. The first-order valence-electron chi connectivity index (χ1n) is 5.07. The minimum atomic E-state index is -1.08. The molecule has 0 spiro atoms. The van der Waals surface area contributed by atoms with Crippen molar-refractivity contribution in [2.45, 2.75) is 19.9 Å². The number of carboxylic acid groups (broad SMARTS) is 1. The van der Waals surface area contributed by atoms with Crippen LogP contribution in [0.15, 0.2) is 18.2 Å². The number of carbonyl (C=O) groups is 2. The molecule has 1 unspecified atom stereocenters. The lowest BCUT2D eigenvalue weighted by Gasteiger charge is -2.24. The number of hydrogen-bond donors (Lipinski definition) is 1. The number of rotatable bonds is 3. The molecule has 0 saturated heterocycles. The van der Waals surface area contributed by atoms with Gasteiger partial charge in [-0.05, 0) is 24.1 Å². The average molecular weight is 256 g/mol. The van der Waals surface area contributed by atoms with E-state index >= 15 is 0 Å². The van der Waals surface area contributed by atoms with E-state index in [1.165, 1.54) is 18.9 Å². The van der Waals surface area contributed by atoms with E-state index in [1.54, 1.807) is 18.2 Å². The molecule has 0 bridgehead atoms. The summed E-state index contributed by atoms with van der Waals surface area (Å²) in [5.74, 6) is -1.39. The molecular weight excluding hydrogens is 242 g/mol. The Morgan fingerprint density at radius 3 is 2.41 bits per heavy atom. The smallest absolute Gasteiger partial charge is 0.331 e. The molecule has 17 heavy (non-hydrogen) atoms. The normalized spacial score (nSPS) is 12.0. The number of carboxylic acids is 1. The van der Waals surface area contributed by atoms with Crippen molar-refractivity contribution < 1.29 is 14.7 Å². The van der Waals surface area contributed by atoms with Gasteiger partial charge in [0.15, 0.2) is 6.04 Å². The molecule has 4 nitrogen and oxygen atoms in total. The van der Waals surface area contributed by atoms with Crippen molar-refractivity contribution in [3.63, 3.8) is 0 Å². The van der Waals surface area contributed by atoms with Gasteiger partial charge in [-0.2, -0.15) is 0 Å². The van der Waals surface area contributed by atoms with Crippen LogP contribution in [0.25, 0.3) is 0 Å². The molecule has 1 N–H and O–H groups in total. The van der Waals surface area contributed by atoms with E-state index in [4.69, 9.17) is 16.7 Å². The highest BCUT2D eigenvalue weighted by atomic mass is 35.5. The van der Waals surface area contributed by atoms with E-state index in [1.807, 2.05) is 6.92 Å². The van der Waals surface area contributed by atoms with Crippen molar-refractivity contribution in [2.75, 3.05) is 7.05 Å². The lowest BCUT2D eigenvalue weighted by Crippen LogP contribution is -2.34. The molecule has 1 aromatic carbocycles. The van der Waals surface area contributed by atoms with Gasteiger partial charge in [-0.15, -0.1) is 0 Å². The highest BCUT2D eigenvalue weighted by molar-refractivity contribution is 6.31. The van der Waals surface area contributed by atoms with Gasteiger partial charge in [-0.25, -0.2) is 4.79 Å². The molecule has 92 valence electrons. The van der Waals surface area contributed by atoms with Gasteiger partial charge in [0.1, 0.15) is 0 Å². The predicted molar refractivity (Wildman–Crippen MR) is 65.0 cm³/mol. The van der Waals surface area contributed by atoms with Crippen molar-refractivity contribution in [2.24, 2.45) is 0 Å². The first kappa shape index (κ1) is 13.5. The lowest BCUT2D eigenvalue weighted by atomic mass is 10.0. The van der Waals surface area contributed by atoms with Crippen LogP contribution in [0.1, 0.15) is 24.1 Å². The molecule has 0 fully saturated rings. The van der Waals surface area contributed by atoms with Crippen molar-refractivity contribution in [3.8, 4) is 0 Å². The molecule has 0 aliphatic rings. The fourth-order valence-corrected chi connectivity index (χ4v) is 1.68. The number of carbonyl (C=O) groups excluding carboxylic acids is 1. The number of benzene rings is 1. The van der Waals surface area contributed by atoms with Crippen molar-refractivity contribution in [3.05, 3.63) is 34.3 Å². The number of amides is 1. The van der Waals surface area contributed by atoms with Gasteiger partial charge in [-0.3, -0.25) is 4.79 Å². The maximum absolute atomic E-state index is 11.2. The van der Waals surface area contributed by atoms with Gasteiger partial charge in [0.25, 0.3) is 0 Å². The summed E-state index contributed by atoms with van der Waals surface area (Å²) in [7, 11) is 1.45. The van der Waals surface area contributed by atoms with Crippen molar-refractivity contribution >= 4 is 23.5 Å². The van der Waals surface area contributed by atoms with E-state index < -0.39 is 12.0 Å². The van der Waals surface area contributed by atoms with Gasteiger partial charge in [-0.1, -0.05) is 23.7 Å². The minimum absolute atomic E-state index is 0.311. The van der Waals surface area contributed by atoms with E-state index in [2.05, 4.69) is 0 Å². The molecule has 0 aromatic heterocycles. The number of nitrogens with zero attached hydrogens (tertiary/aromatic N) is 1. The van der Waals surface area contributed by atoms with Crippen LogP contribution < -0.4 is 0 Å². The summed E-state index contributed by atoms with van der Waals surface area (Å²) < 4.78 is 0. The summed E-state index contributed by atoms with van der Waals surface area (Å²) in [6, 6.07) is 3.97. The molecule has 0 aliphatic carbocycles. The van der Waals surface area contributed by atoms with Crippen LogP contribution in [0, 0.1) is 6.92 Å². The number of halogens is 1. The molecule has 5 heteroatoms. The minimum Gasteiger partial charge on any atom is -0.479 e. The Morgan fingerprint density at radius 2 is 2.00 bits per heavy atom. The fraction of sp³-hybridized carbons (Fsp3) is 0.333. The lowest BCUT2D eigenvalue weighted by molar-refractivity contribution is -0.148. The van der Waals surface area contributed by atoms with Gasteiger partial charge in [0.2, 0.25) is 5.91 Å². The van der Waals surface area contributed by atoms with Crippen LogP contribution in [0.2, 0.25) is 5.02 Å². The Hall–Kier alpha value is -1.55. The van der Waals surface area contributed by atoms with Crippen LogP contribution in [-0.4, -0.2) is 28.9 Å². The monoisotopic (exact) mass is 255 g/mol. The third-order valence-electron chi connectivity index (χ3n) is 2.63. The highest BCUT2D eigenvalue weighted by Gasteiger charge is 2.26. The Kier molecular flexibility index (Phi) is 4.12. The molecule has 1 amide bonds. The maximum Gasteiger partial charge on any atom is 0.331 e. The zero-order valence-electron chi connectivity index (χ0n) is 9.90. The molecule has 0 radical (unpaired) electrons.